The van der Waals surface area contributed by atoms with Crippen molar-refractivity contribution in [2.45, 2.75) is 13.8 Å². The highest BCUT2D eigenvalue weighted by Gasteiger charge is 2.10. The van der Waals surface area contributed by atoms with E-state index in [4.69, 9.17) is 4.99 Å². The van der Waals surface area contributed by atoms with E-state index in [0.29, 0.717) is 0 Å². The summed E-state index contributed by atoms with van der Waals surface area (Å²) in [7, 11) is 0. The van der Waals surface area contributed by atoms with Gasteiger partial charge in [-0.05, 0) is 68.4 Å². The number of benzene rings is 2. The summed E-state index contributed by atoms with van der Waals surface area (Å²) < 4.78 is 2.26. The number of pyridine rings is 2. The van der Waals surface area contributed by atoms with Gasteiger partial charge in [0.15, 0.2) is 0 Å². The number of rotatable bonds is 3. The van der Waals surface area contributed by atoms with Crippen LogP contribution in [0.2, 0.25) is 0 Å². The summed E-state index contributed by atoms with van der Waals surface area (Å²) >= 11 is 0. The Morgan fingerprint density at radius 2 is 1.48 bits per heavy atom. The minimum absolute atomic E-state index is 0.923. The van der Waals surface area contributed by atoms with E-state index in [9.17, 15) is 0 Å². The fraction of sp³-hybridized carbons (Fsp3) is 0.0800. The van der Waals surface area contributed by atoms with Crippen molar-refractivity contribution in [1.82, 2.24) is 14.5 Å². The number of hydrogen-bond donors (Lipinski definition) is 0. The van der Waals surface area contributed by atoms with Crippen molar-refractivity contribution < 1.29 is 0 Å². The Hall–Kier alpha value is -3.79. The molecule has 0 bridgehead atoms. The lowest BCUT2D eigenvalue weighted by Gasteiger charge is -2.10. The predicted octanol–water partition coefficient (Wildman–Crippen LogP) is 5.94. The van der Waals surface area contributed by atoms with Crippen molar-refractivity contribution in [3.63, 3.8) is 0 Å². The average molecular weight is 376 g/mol. The summed E-state index contributed by atoms with van der Waals surface area (Å²) in [6, 6.07) is 22.7. The molecule has 0 fully saturated rings. The van der Waals surface area contributed by atoms with Crippen LogP contribution in [-0.2, 0) is 0 Å². The van der Waals surface area contributed by atoms with Crippen LogP contribution in [0.1, 0.15) is 17.0 Å². The largest absolute Gasteiger partial charge is 0.318 e. The van der Waals surface area contributed by atoms with Gasteiger partial charge in [0.25, 0.3) is 0 Å². The molecule has 4 nitrogen and oxygen atoms in total. The van der Waals surface area contributed by atoms with Crippen molar-refractivity contribution in [1.29, 1.82) is 0 Å². The lowest BCUT2D eigenvalue weighted by atomic mass is 10.2. The van der Waals surface area contributed by atoms with E-state index < -0.39 is 0 Å². The van der Waals surface area contributed by atoms with Crippen LogP contribution in [-0.4, -0.2) is 20.7 Å². The lowest BCUT2D eigenvalue weighted by Crippen LogP contribution is -1.99. The van der Waals surface area contributed by atoms with E-state index in [2.05, 4.69) is 70.8 Å². The Balaban J connectivity index is 1.52. The molecule has 29 heavy (non-hydrogen) atoms. The number of fused-ring (bicyclic) bond motifs is 2. The molecular formula is C25H20N4. The first-order valence-corrected chi connectivity index (χ1v) is 9.62. The maximum absolute atomic E-state index is 4.71. The molecule has 0 aliphatic heterocycles. The van der Waals surface area contributed by atoms with Crippen LogP contribution < -0.4 is 0 Å². The Morgan fingerprint density at radius 3 is 2.24 bits per heavy atom. The summed E-state index contributed by atoms with van der Waals surface area (Å²) in [6.45, 7) is 4.26. The van der Waals surface area contributed by atoms with Gasteiger partial charge in [-0.3, -0.25) is 15.0 Å². The van der Waals surface area contributed by atoms with Crippen molar-refractivity contribution in [3.05, 3.63) is 96.1 Å². The first-order chi connectivity index (χ1) is 14.2. The molecule has 5 aromatic rings. The minimum Gasteiger partial charge on any atom is -0.318 e. The molecule has 0 spiro atoms. The van der Waals surface area contributed by atoms with Gasteiger partial charge in [-0.1, -0.05) is 12.1 Å². The second-order valence-electron chi connectivity index (χ2n) is 7.18. The maximum atomic E-state index is 4.71. The van der Waals surface area contributed by atoms with Gasteiger partial charge in [-0.25, -0.2) is 0 Å². The third-order valence-electron chi connectivity index (χ3n) is 5.25. The van der Waals surface area contributed by atoms with Crippen LogP contribution in [0.25, 0.3) is 27.5 Å². The van der Waals surface area contributed by atoms with Gasteiger partial charge in [0.1, 0.15) is 0 Å². The van der Waals surface area contributed by atoms with Gasteiger partial charge in [-0.2, -0.15) is 0 Å². The topological polar surface area (TPSA) is 43.1 Å². The van der Waals surface area contributed by atoms with E-state index >= 15 is 0 Å². The van der Waals surface area contributed by atoms with Gasteiger partial charge < -0.3 is 4.57 Å². The van der Waals surface area contributed by atoms with Crippen molar-refractivity contribution in [3.8, 4) is 5.69 Å². The molecule has 0 radical (unpaired) electrons. The van der Waals surface area contributed by atoms with Gasteiger partial charge in [-0.15, -0.1) is 0 Å². The lowest BCUT2D eigenvalue weighted by molar-refractivity contribution is 0.967. The number of aliphatic imine (C=N–C) groups is 1. The third-order valence-corrected chi connectivity index (χ3v) is 5.25. The first kappa shape index (κ1) is 17.3. The molecule has 0 aliphatic carbocycles. The molecular weight excluding hydrogens is 356 g/mol. The molecule has 0 atom stereocenters. The summed E-state index contributed by atoms with van der Waals surface area (Å²) in [5, 5.41) is 2.23. The molecule has 0 saturated heterocycles. The Kier molecular flexibility index (Phi) is 4.17. The molecule has 3 aromatic heterocycles. The van der Waals surface area contributed by atoms with E-state index in [1.54, 1.807) is 0 Å². The monoisotopic (exact) mass is 376 g/mol. The molecule has 0 unspecified atom stereocenters. The smallest absolute Gasteiger partial charge is 0.0703 e. The van der Waals surface area contributed by atoms with Gasteiger partial charge in [0.2, 0.25) is 0 Å². The van der Waals surface area contributed by atoms with Crippen LogP contribution >= 0.6 is 0 Å². The van der Waals surface area contributed by atoms with Gasteiger partial charge in [0.05, 0.1) is 16.7 Å². The van der Waals surface area contributed by atoms with E-state index in [-0.39, 0.29) is 0 Å². The zero-order valence-electron chi connectivity index (χ0n) is 16.4. The van der Waals surface area contributed by atoms with Crippen LogP contribution in [0, 0.1) is 13.8 Å². The SMILES string of the molecule is Cc1cc(C=Nc2ccc3ncccc3c2)c(C)n1-c1ccc2ncccc2c1. The Bertz CT molecular complexity index is 1380. The van der Waals surface area contributed by atoms with Crippen LogP contribution in [0.5, 0.6) is 0 Å². The maximum Gasteiger partial charge on any atom is 0.0703 e. The third kappa shape index (κ3) is 3.19. The molecule has 5 rings (SSSR count). The predicted molar refractivity (Wildman–Crippen MR) is 120 cm³/mol. The first-order valence-electron chi connectivity index (χ1n) is 9.62. The molecule has 0 saturated carbocycles. The van der Waals surface area contributed by atoms with Crippen molar-refractivity contribution in [2.24, 2.45) is 4.99 Å². The van der Waals surface area contributed by atoms with Crippen LogP contribution in [0.3, 0.4) is 0 Å². The van der Waals surface area contributed by atoms with Gasteiger partial charge in [0, 0.05) is 52.0 Å². The minimum atomic E-state index is 0.923. The zero-order valence-corrected chi connectivity index (χ0v) is 16.4. The molecule has 0 amide bonds. The van der Waals surface area contributed by atoms with E-state index in [1.165, 1.54) is 5.69 Å². The average Bonchev–Trinajstić information content (AvgIpc) is 3.04. The summed E-state index contributed by atoms with van der Waals surface area (Å²) in [4.78, 5) is 13.5. The van der Waals surface area contributed by atoms with Crippen LogP contribution in [0.4, 0.5) is 5.69 Å². The fourth-order valence-corrected chi connectivity index (χ4v) is 3.81. The standard InChI is InChI=1S/C25H20N4/c1-17-13-21(16-28-22-7-9-24-19(14-22)5-3-11-26-24)18(2)29(17)23-8-10-25-20(15-23)6-4-12-27-25/h3-16H,1-2H3. The second kappa shape index (κ2) is 6.99. The highest BCUT2D eigenvalue weighted by Crippen LogP contribution is 2.24. The molecule has 3 heterocycles. The molecule has 0 N–H and O–H groups in total. The van der Waals surface area contributed by atoms with Crippen molar-refractivity contribution in [2.75, 3.05) is 0 Å². The molecule has 140 valence electrons. The quantitative estimate of drug-likeness (QED) is 0.366. The highest BCUT2D eigenvalue weighted by atomic mass is 15.0. The number of aryl methyl sites for hydroxylation is 1. The zero-order chi connectivity index (χ0) is 19.8. The fourth-order valence-electron chi connectivity index (χ4n) is 3.81. The van der Waals surface area contributed by atoms with Crippen molar-refractivity contribution >= 4 is 33.7 Å². The summed E-state index contributed by atoms with van der Waals surface area (Å²) in [6.07, 6.45) is 5.58. The van der Waals surface area contributed by atoms with Crippen LogP contribution in [0.15, 0.2) is 84.1 Å². The Morgan fingerprint density at radius 1 is 0.793 bits per heavy atom. The number of aromatic nitrogens is 3. The molecule has 4 heteroatoms. The highest BCUT2D eigenvalue weighted by molar-refractivity contribution is 5.87. The van der Waals surface area contributed by atoms with E-state index in [1.807, 2.05) is 42.9 Å². The van der Waals surface area contributed by atoms with E-state index in [0.717, 1.165) is 44.4 Å². The molecule has 2 aromatic carbocycles. The normalized spacial score (nSPS) is 11.7. The summed E-state index contributed by atoms with van der Waals surface area (Å²) in [5.41, 5.74) is 7.50. The second-order valence-corrected chi connectivity index (χ2v) is 7.18. The molecule has 0 aliphatic rings. The number of nitrogens with zero attached hydrogens (tertiary/aromatic N) is 4. The Labute approximate surface area is 169 Å². The number of hydrogen-bond acceptors (Lipinski definition) is 3. The van der Waals surface area contributed by atoms with Gasteiger partial charge >= 0.3 is 0 Å². The summed E-state index contributed by atoms with van der Waals surface area (Å²) in [5.74, 6) is 0.